The van der Waals surface area contributed by atoms with E-state index in [1.807, 2.05) is 20.8 Å². The fourth-order valence-corrected chi connectivity index (χ4v) is 1.46. The van der Waals surface area contributed by atoms with E-state index >= 15 is 0 Å². The molecule has 0 aromatic rings. The molecule has 104 valence electrons. The average Bonchev–Trinajstić information content (AvgIpc) is 2.43. The van der Waals surface area contributed by atoms with Gasteiger partial charge in [-0.3, -0.25) is 4.79 Å². The summed E-state index contributed by atoms with van der Waals surface area (Å²) in [5.74, 6) is -0.959. The molecule has 1 rings (SSSR count). The molecule has 5 nitrogen and oxygen atoms in total. The first-order valence-corrected chi connectivity index (χ1v) is 6.07. The van der Waals surface area contributed by atoms with Gasteiger partial charge in [-0.25, -0.2) is 4.79 Å². The highest BCUT2D eigenvalue weighted by atomic mass is 16.8. The number of hydrogen-bond donors (Lipinski definition) is 0. The minimum Gasteiger partial charge on any atom is -0.460 e. The highest BCUT2D eigenvalue weighted by Crippen LogP contribution is 2.30. The number of carbonyl (C=O) groups is 2. The van der Waals surface area contributed by atoms with Crippen molar-refractivity contribution in [3.63, 3.8) is 0 Å². The number of carbonyl (C=O) groups excluding carboxylic acids is 2. The topological polar surface area (TPSA) is 61.8 Å². The molecule has 0 spiro atoms. The number of esters is 2. The molecule has 0 bridgehead atoms. The van der Waals surface area contributed by atoms with Crippen molar-refractivity contribution in [1.82, 2.24) is 0 Å². The highest BCUT2D eigenvalue weighted by Gasteiger charge is 2.43. The normalized spacial score (nSPS) is 24.9. The second-order valence-electron chi connectivity index (χ2n) is 6.55. The third-order valence-electron chi connectivity index (χ3n) is 2.25. The number of rotatable bonds is 2. The fraction of sp³-hybridized carbons (Fsp3) is 0.846. The van der Waals surface area contributed by atoms with Gasteiger partial charge in [0.05, 0.1) is 6.42 Å². The molecule has 0 saturated carbocycles. The SMILES string of the molecule is CC(C)(C)OC(=O)C[C@@H]1O[C@H](C(C)(C)C)OC1=O. The number of ether oxygens (including phenoxy) is 3. The van der Waals surface area contributed by atoms with Gasteiger partial charge >= 0.3 is 11.9 Å². The van der Waals surface area contributed by atoms with E-state index in [0.717, 1.165) is 0 Å². The van der Waals surface area contributed by atoms with Crippen LogP contribution in [-0.4, -0.2) is 29.9 Å². The van der Waals surface area contributed by atoms with Crippen LogP contribution in [0.1, 0.15) is 48.0 Å². The Labute approximate surface area is 108 Å². The summed E-state index contributed by atoms with van der Waals surface area (Å²) >= 11 is 0. The highest BCUT2D eigenvalue weighted by molar-refractivity contribution is 5.83. The molecule has 0 unspecified atom stereocenters. The molecular formula is C13H22O5. The van der Waals surface area contributed by atoms with Crippen LogP contribution in [0.2, 0.25) is 0 Å². The molecule has 0 N–H and O–H groups in total. The summed E-state index contributed by atoms with van der Waals surface area (Å²) in [6.45, 7) is 11.0. The minimum absolute atomic E-state index is 0.108. The molecule has 0 amide bonds. The van der Waals surface area contributed by atoms with Crippen LogP contribution >= 0.6 is 0 Å². The van der Waals surface area contributed by atoms with Crippen molar-refractivity contribution in [2.24, 2.45) is 5.41 Å². The molecule has 2 atom stereocenters. The summed E-state index contributed by atoms with van der Waals surface area (Å²) in [6, 6.07) is 0. The smallest absolute Gasteiger partial charge is 0.338 e. The van der Waals surface area contributed by atoms with Crippen LogP contribution < -0.4 is 0 Å². The van der Waals surface area contributed by atoms with Crippen molar-refractivity contribution >= 4 is 11.9 Å². The Morgan fingerprint density at radius 2 is 1.78 bits per heavy atom. The van der Waals surface area contributed by atoms with Gasteiger partial charge in [-0.15, -0.1) is 0 Å². The van der Waals surface area contributed by atoms with Crippen LogP contribution in [0.15, 0.2) is 0 Å². The fourth-order valence-electron chi connectivity index (χ4n) is 1.46. The summed E-state index contributed by atoms with van der Waals surface area (Å²) in [5.41, 5.74) is -0.874. The van der Waals surface area contributed by atoms with Gasteiger partial charge in [0, 0.05) is 5.41 Å². The largest absolute Gasteiger partial charge is 0.460 e. The van der Waals surface area contributed by atoms with Crippen LogP contribution in [0.25, 0.3) is 0 Å². The molecule has 5 heteroatoms. The number of cyclic esters (lactones) is 1. The quantitative estimate of drug-likeness (QED) is 0.709. The van der Waals surface area contributed by atoms with Crippen LogP contribution in [0, 0.1) is 5.41 Å². The minimum atomic E-state index is -0.857. The Bertz CT molecular complexity index is 334. The third-order valence-corrected chi connectivity index (χ3v) is 2.25. The predicted octanol–water partition coefficient (Wildman–Crippen LogP) is 2.03. The lowest BCUT2D eigenvalue weighted by molar-refractivity contribution is -0.160. The van der Waals surface area contributed by atoms with Gasteiger partial charge in [0.1, 0.15) is 5.60 Å². The van der Waals surface area contributed by atoms with Gasteiger partial charge in [-0.05, 0) is 20.8 Å². The molecule has 1 fully saturated rings. The molecule has 0 radical (unpaired) electrons. The van der Waals surface area contributed by atoms with E-state index in [-0.39, 0.29) is 11.8 Å². The van der Waals surface area contributed by atoms with Gasteiger partial charge in [-0.2, -0.15) is 0 Å². The Kier molecular flexibility index (Phi) is 4.05. The van der Waals surface area contributed by atoms with Crippen molar-refractivity contribution in [2.75, 3.05) is 0 Å². The summed E-state index contributed by atoms with van der Waals surface area (Å²) in [5, 5.41) is 0. The van der Waals surface area contributed by atoms with Crippen molar-refractivity contribution in [3.8, 4) is 0 Å². The van der Waals surface area contributed by atoms with Gasteiger partial charge in [0.25, 0.3) is 0 Å². The molecule has 18 heavy (non-hydrogen) atoms. The first-order valence-electron chi connectivity index (χ1n) is 6.07. The summed E-state index contributed by atoms with van der Waals surface area (Å²) in [4.78, 5) is 23.2. The summed E-state index contributed by atoms with van der Waals surface area (Å²) < 4.78 is 15.7. The predicted molar refractivity (Wildman–Crippen MR) is 64.7 cm³/mol. The van der Waals surface area contributed by atoms with Crippen LogP contribution in [0.4, 0.5) is 0 Å². The molecule has 1 heterocycles. The van der Waals surface area contributed by atoms with Gasteiger partial charge in [0.15, 0.2) is 6.10 Å². The van der Waals surface area contributed by atoms with E-state index in [0.29, 0.717) is 0 Å². The van der Waals surface area contributed by atoms with Crippen molar-refractivity contribution in [3.05, 3.63) is 0 Å². The lowest BCUT2D eigenvalue weighted by Crippen LogP contribution is -2.30. The maximum absolute atomic E-state index is 11.6. The van der Waals surface area contributed by atoms with Gasteiger partial charge in [-0.1, -0.05) is 20.8 Å². The van der Waals surface area contributed by atoms with E-state index < -0.39 is 29.9 Å². The Hall–Kier alpha value is -1.10. The first kappa shape index (κ1) is 15.0. The van der Waals surface area contributed by atoms with E-state index in [1.54, 1.807) is 20.8 Å². The van der Waals surface area contributed by atoms with Crippen LogP contribution in [0.3, 0.4) is 0 Å². The zero-order valence-electron chi connectivity index (χ0n) is 11.9. The zero-order valence-corrected chi connectivity index (χ0v) is 11.9. The van der Waals surface area contributed by atoms with Gasteiger partial charge in [0.2, 0.25) is 6.29 Å². The molecule has 1 aliphatic heterocycles. The van der Waals surface area contributed by atoms with Crippen molar-refractivity contribution < 1.29 is 23.8 Å². The molecular weight excluding hydrogens is 236 g/mol. The molecule has 0 aromatic carbocycles. The summed E-state index contributed by atoms with van der Waals surface area (Å²) in [6.07, 6.45) is -1.58. The van der Waals surface area contributed by atoms with Crippen LogP contribution in [-0.2, 0) is 23.8 Å². The molecule has 0 aliphatic carbocycles. The Morgan fingerprint density at radius 3 is 2.17 bits per heavy atom. The van der Waals surface area contributed by atoms with Crippen molar-refractivity contribution in [2.45, 2.75) is 66.0 Å². The monoisotopic (exact) mass is 258 g/mol. The Morgan fingerprint density at radius 1 is 1.22 bits per heavy atom. The maximum Gasteiger partial charge on any atom is 0.338 e. The standard InChI is InChI=1S/C13H22O5/c1-12(2,3)11-16-8(10(15)17-11)7-9(14)18-13(4,5)6/h8,11H,7H2,1-6H3/t8-,11-/m0/s1. The first-order chi connectivity index (χ1) is 7.99. The second-order valence-corrected chi connectivity index (χ2v) is 6.55. The lowest BCUT2D eigenvalue weighted by atomic mass is 9.96. The Balaban J connectivity index is 2.55. The summed E-state index contributed by atoms with van der Waals surface area (Å²) in [7, 11) is 0. The van der Waals surface area contributed by atoms with E-state index in [9.17, 15) is 9.59 Å². The molecule has 1 aliphatic rings. The maximum atomic E-state index is 11.6. The van der Waals surface area contributed by atoms with E-state index in [1.165, 1.54) is 0 Å². The van der Waals surface area contributed by atoms with Gasteiger partial charge < -0.3 is 14.2 Å². The third kappa shape index (κ3) is 4.29. The zero-order chi connectivity index (χ0) is 14.1. The second kappa shape index (κ2) is 4.88. The molecule has 0 aromatic heterocycles. The van der Waals surface area contributed by atoms with E-state index in [4.69, 9.17) is 14.2 Å². The van der Waals surface area contributed by atoms with Crippen molar-refractivity contribution in [1.29, 1.82) is 0 Å². The van der Waals surface area contributed by atoms with Crippen LogP contribution in [0.5, 0.6) is 0 Å². The molecule has 1 saturated heterocycles. The van der Waals surface area contributed by atoms with E-state index in [2.05, 4.69) is 0 Å². The average molecular weight is 258 g/mol. The number of hydrogen-bond acceptors (Lipinski definition) is 5. The lowest BCUT2D eigenvalue weighted by Gasteiger charge is -2.24.